The smallest absolute Gasteiger partial charge is 0.279 e. The number of nitrogens with one attached hydrogen (secondary N) is 3. The first kappa shape index (κ1) is 18.2. The van der Waals surface area contributed by atoms with Crippen LogP contribution in [-0.4, -0.2) is 17.1 Å². The number of hydrogen-bond acceptors (Lipinski definition) is 3. The highest BCUT2D eigenvalue weighted by Crippen LogP contribution is 2.17. The molecular weight excluding hydrogens is 397 g/mol. The Morgan fingerprint density at radius 3 is 2.67 bits per heavy atom. The van der Waals surface area contributed by atoms with E-state index in [-0.39, 0.29) is 10.9 Å². The average Bonchev–Trinajstić information content (AvgIpc) is 2.54. The molecule has 0 aliphatic heterocycles. The molecule has 0 saturated heterocycles. The highest BCUT2D eigenvalue weighted by Gasteiger charge is 2.16. The monoisotopic (exact) mass is 411 g/mol. The van der Waals surface area contributed by atoms with Gasteiger partial charge in [-0.1, -0.05) is 34.1 Å². The van der Waals surface area contributed by atoms with Crippen molar-refractivity contribution >= 4 is 44.9 Å². The number of amides is 1. The van der Waals surface area contributed by atoms with Gasteiger partial charge >= 0.3 is 0 Å². The first-order valence-electron chi connectivity index (χ1n) is 6.99. The molecule has 2 rings (SSSR count). The fourth-order valence-corrected chi connectivity index (χ4v) is 2.30. The Balaban J connectivity index is 1.81. The van der Waals surface area contributed by atoms with Gasteiger partial charge in [0.05, 0.1) is 0 Å². The molecule has 126 valence electrons. The Labute approximate surface area is 152 Å². The maximum absolute atomic E-state index is 13.5. The van der Waals surface area contributed by atoms with Crippen LogP contribution in [0.2, 0.25) is 0 Å². The number of ether oxygens (including phenoxy) is 1. The minimum absolute atomic E-state index is 0.00925. The highest BCUT2D eigenvalue weighted by molar-refractivity contribution is 9.10. The van der Waals surface area contributed by atoms with Crippen molar-refractivity contribution in [3.63, 3.8) is 0 Å². The molecule has 0 aliphatic rings. The van der Waals surface area contributed by atoms with Crippen molar-refractivity contribution in [1.82, 2.24) is 10.9 Å². The summed E-state index contributed by atoms with van der Waals surface area (Å²) in [6.07, 6.45) is -0.900. The predicted molar refractivity (Wildman–Crippen MR) is 98.1 cm³/mol. The topological polar surface area (TPSA) is 62.4 Å². The lowest BCUT2D eigenvalue weighted by molar-refractivity contribution is -0.127. The molecule has 24 heavy (non-hydrogen) atoms. The Morgan fingerprint density at radius 1 is 1.21 bits per heavy atom. The summed E-state index contributed by atoms with van der Waals surface area (Å²) in [6, 6.07) is 13.3. The third kappa shape index (κ3) is 5.47. The first-order valence-corrected chi connectivity index (χ1v) is 8.19. The Bertz CT molecular complexity index is 745. The van der Waals surface area contributed by atoms with Crippen LogP contribution in [0.1, 0.15) is 6.92 Å². The van der Waals surface area contributed by atoms with E-state index in [4.69, 9.17) is 17.0 Å². The molecule has 8 heteroatoms. The minimum atomic E-state index is -0.900. The van der Waals surface area contributed by atoms with E-state index in [0.29, 0.717) is 0 Å². The normalized spacial score (nSPS) is 11.3. The van der Waals surface area contributed by atoms with Gasteiger partial charge in [0.1, 0.15) is 0 Å². The number of carbonyl (C=O) groups is 1. The van der Waals surface area contributed by atoms with Crippen LogP contribution in [0.3, 0.4) is 0 Å². The fraction of sp³-hybridized carbons (Fsp3) is 0.125. The average molecular weight is 412 g/mol. The van der Waals surface area contributed by atoms with Crippen molar-refractivity contribution in [3.8, 4) is 5.75 Å². The molecule has 0 spiro atoms. The molecule has 1 atom stereocenters. The molecule has 0 fully saturated rings. The van der Waals surface area contributed by atoms with Crippen molar-refractivity contribution in [1.29, 1.82) is 0 Å². The van der Waals surface area contributed by atoms with Crippen LogP contribution in [0.25, 0.3) is 0 Å². The molecule has 5 nitrogen and oxygen atoms in total. The second-order valence-corrected chi connectivity index (χ2v) is 6.09. The summed E-state index contributed by atoms with van der Waals surface area (Å²) in [5.41, 5.74) is 5.72. The zero-order chi connectivity index (χ0) is 17.5. The zero-order valence-corrected chi connectivity index (χ0v) is 15.1. The van der Waals surface area contributed by atoms with E-state index in [2.05, 4.69) is 32.1 Å². The molecular formula is C16H15BrFN3O2S. The molecule has 1 amide bonds. The molecule has 0 aromatic heterocycles. The Hall–Kier alpha value is -2.19. The maximum Gasteiger partial charge on any atom is 0.279 e. The van der Waals surface area contributed by atoms with E-state index in [0.717, 1.165) is 10.2 Å². The fourth-order valence-electron chi connectivity index (χ4n) is 1.73. The lowest BCUT2D eigenvalue weighted by atomic mass is 10.3. The predicted octanol–water partition coefficient (Wildman–Crippen LogP) is 3.37. The molecule has 0 aliphatic carbocycles. The molecule has 0 heterocycles. The van der Waals surface area contributed by atoms with Gasteiger partial charge in [0.2, 0.25) is 0 Å². The first-order chi connectivity index (χ1) is 11.5. The van der Waals surface area contributed by atoms with Crippen LogP contribution >= 0.6 is 28.1 Å². The lowest BCUT2D eigenvalue weighted by Gasteiger charge is -2.16. The molecule has 0 radical (unpaired) electrons. The zero-order valence-electron chi connectivity index (χ0n) is 12.7. The largest absolute Gasteiger partial charge is 0.478 e. The quantitative estimate of drug-likeness (QED) is 0.531. The SMILES string of the molecule is C[C@@H](Oc1ccccc1F)C(=O)NNC(=S)Nc1cccc(Br)c1. The number of rotatable bonds is 4. The third-order valence-corrected chi connectivity index (χ3v) is 3.59. The minimum Gasteiger partial charge on any atom is -0.478 e. The summed E-state index contributed by atoms with van der Waals surface area (Å²) in [6.45, 7) is 1.51. The highest BCUT2D eigenvalue weighted by atomic mass is 79.9. The molecule has 2 aromatic rings. The van der Waals surface area contributed by atoms with Crippen LogP contribution < -0.4 is 20.9 Å². The van der Waals surface area contributed by atoms with Gasteiger partial charge in [-0.3, -0.25) is 15.6 Å². The van der Waals surface area contributed by atoms with Crippen molar-refractivity contribution in [2.75, 3.05) is 5.32 Å². The molecule has 0 bridgehead atoms. The number of anilines is 1. The van der Waals surface area contributed by atoms with E-state index in [1.165, 1.54) is 19.1 Å². The van der Waals surface area contributed by atoms with E-state index >= 15 is 0 Å². The van der Waals surface area contributed by atoms with Crippen LogP contribution in [-0.2, 0) is 4.79 Å². The van der Waals surface area contributed by atoms with E-state index in [1.54, 1.807) is 12.1 Å². The van der Waals surface area contributed by atoms with E-state index in [9.17, 15) is 9.18 Å². The molecule has 0 saturated carbocycles. The van der Waals surface area contributed by atoms with E-state index < -0.39 is 17.8 Å². The van der Waals surface area contributed by atoms with Gasteiger partial charge in [0.15, 0.2) is 22.8 Å². The van der Waals surface area contributed by atoms with Crippen molar-refractivity contribution in [3.05, 3.63) is 58.8 Å². The molecule has 3 N–H and O–H groups in total. The number of benzene rings is 2. The maximum atomic E-state index is 13.5. The lowest BCUT2D eigenvalue weighted by Crippen LogP contribution is -2.48. The van der Waals surface area contributed by atoms with Gasteiger partial charge < -0.3 is 10.1 Å². The Kier molecular flexibility index (Phi) is 6.51. The van der Waals surface area contributed by atoms with Crippen molar-refractivity contribution in [2.45, 2.75) is 13.0 Å². The van der Waals surface area contributed by atoms with Crippen LogP contribution in [0, 0.1) is 5.82 Å². The number of carbonyl (C=O) groups excluding carboxylic acids is 1. The second kappa shape index (κ2) is 8.60. The van der Waals surface area contributed by atoms with Gasteiger partial charge in [-0.05, 0) is 49.5 Å². The number of hydrazine groups is 1. The second-order valence-electron chi connectivity index (χ2n) is 4.77. The summed E-state index contributed by atoms with van der Waals surface area (Å²) < 4.78 is 19.7. The van der Waals surface area contributed by atoms with Gasteiger partial charge in [-0.25, -0.2) is 4.39 Å². The summed E-state index contributed by atoms with van der Waals surface area (Å²) in [5, 5.41) is 3.12. The van der Waals surface area contributed by atoms with Crippen LogP contribution in [0.15, 0.2) is 53.0 Å². The molecule has 0 unspecified atom stereocenters. The van der Waals surface area contributed by atoms with Crippen LogP contribution in [0.5, 0.6) is 5.75 Å². The van der Waals surface area contributed by atoms with Crippen molar-refractivity contribution in [2.24, 2.45) is 0 Å². The summed E-state index contributed by atoms with van der Waals surface area (Å²) in [5.74, 6) is -1.01. The van der Waals surface area contributed by atoms with Gasteiger partial charge in [0.25, 0.3) is 5.91 Å². The summed E-state index contributed by atoms with van der Waals surface area (Å²) in [7, 11) is 0. The van der Waals surface area contributed by atoms with Crippen molar-refractivity contribution < 1.29 is 13.9 Å². The summed E-state index contributed by atoms with van der Waals surface area (Å²) in [4.78, 5) is 12.0. The number of hydrogen-bond donors (Lipinski definition) is 3. The number of para-hydroxylation sites is 1. The number of halogens is 2. The van der Waals surface area contributed by atoms with E-state index in [1.807, 2.05) is 24.3 Å². The van der Waals surface area contributed by atoms with Gasteiger partial charge in [0, 0.05) is 10.2 Å². The van der Waals surface area contributed by atoms with Gasteiger partial charge in [-0.15, -0.1) is 0 Å². The summed E-state index contributed by atoms with van der Waals surface area (Å²) >= 11 is 8.43. The third-order valence-electron chi connectivity index (χ3n) is 2.89. The Morgan fingerprint density at radius 2 is 1.96 bits per heavy atom. The van der Waals surface area contributed by atoms with Gasteiger partial charge in [-0.2, -0.15) is 0 Å². The number of thiocarbonyl (C=S) groups is 1. The molecule has 2 aromatic carbocycles. The van der Waals surface area contributed by atoms with Crippen LogP contribution in [0.4, 0.5) is 10.1 Å². The standard InChI is InChI=1S/C16H15BrFN3O2S/c1-10(23-14-8-3-2-7-13(14)18)15(22)20-21-16(24)19-12-6-4-5-11(17)9-12/h2-10H,1H3,(H,20,22)(H2,19,21,24)/t10-/m1/s1.